The Bertz CT molecular complexity index is 694. The number of nitrogens with zero attached hydrogens (tertiary/aromatic N) is 1. The van der Waals surface area contributed by atoms with Crippen molar-refractivity contribution in [1.82, 2.24) is 10.3 Å². The first-order chi connectivity index (χ1) is 8.72. The van der Waals surface area contributed by atoms with Gasteiger partial charge in [0.25, 0.3) is 5.91 Å². The van der Waals surface area contributed by atoms with Crippen LogP contribution in [0.5, 0.6) is 0 Å². The van der Waals surface area contributed by atoms with Gasteiger partial charge < -0.3 is 5.32 Å². The molecule has 0 saturated carbocycles. The number of amides is 1. The molecule has 2 heterocycles. The normalized spacial score (nSPS) is 17.4. The van der Waals surface area contributed by atoms with E-state index in [9.17, 15) is 4.79 Å². The molecule has 1 aliphatic heterocycles. The van der Waals surface area contributed by atoms with E-state index in [0.29, 0.717) is 9.23 Å². The molecular weight excluding hydrogens is 264 g/mol. The summed E-state index contributed by atoms with van der Waals surface area (Å²) < 4.78 is 0.493. The smallest absolute Gasteiger partial charge is 0.263 e. The fourth-order valence-corrected chi connectivity index (χ4v) is 2.75. The number of nitrogens with one attached hydrogen (secondary N) is 1. The lowest BCUT2D eigenvalue weighted by Gasteiger charge is -1.98. The molecule has 3 rings (SSSR count). The monoisotopic (exact) mass is 272 g/mol. The Balaban J connectivity index is 2.02. The molecule has 0 aliphatic carbocycles. The largest absolute Gasteiger partial charge is 0.307 e. The minimum absolute atomic E-state index is 0.153. The second-order valence-corrected chi connectivity index (χ2v) is 5.50. The number of thiocarbonyl (C=S) groups is 1. The molecular formula is C13H8N2OS2. The van der Waals surface area contributed by atoms with E-state index in [1.165, 1.54) is 11.8 Å². The van der Waals surface area contributed by atoms with Crippen LogP contribution < -0.4 is 5.32 Å². The van der Waals surface area contributed by atoms with Gasteiger partial charge in [-0.15, -0.1) is 0 Å². The number of rotatable bonds is 1. The third kappa shape index (κ3) is 2.14. The van der Waals surface area contributed by atoms with Crippen LogP contribution in [-0.2, 0) is 4.79 Å². The third-order valence-electron chi connectivity index (χ3n) is 2.54. The van der Waals surface area contributed by atoms with Gasteiger partial charge in [0.1, 0.15) is 4.32 Å². The van der Waals surface area contributed by atoms with Crippen molar-refractivity contribution in [2.24, 2.45) is 0 Å². The molecule has 1 aromatic heterocycles. The Labute approximate surface area is 113 Å². The van der Waals surface area contributed by atoms with Gasteiger partial charge in [-0.1, -0.05) is 48.2 Å². The first-order valence-electron chi connectivity index (χ1n) is 5.33. The van der Waals surface area contributed by atoms with Gasteiger partial charge in [-0.2, -0.15) is 0 Å². The molecule has 1 amide bonds. The predicted molar refractivity (Wildman–Crippen MR) is 78.1 cm³/mol. The van der Waals surface area contributed by atoms with Crippen LogP contribution >= 0.6 is 24.0 Å². The van der Waals surface area contributed by atoms with Crippen molar-refractivity contribution in [3.8, 4) is 0 Å². The number of aromatic nitrogens is 1. The summed E-state index contributed by atoms with van der Waals surface area (Å²) in [5, 5.41) is 3.67. The van der Waals surface area contributed by atoms with Crippen molar-refractivity contribution in [3.05, 3.63) is 47.0 Å². The van der Waals surface area contributed by atoms with Crippen molar-refractivity contribution in [2.75, 3.05) is 0 Å². The summed E-state index contributed by atoms with van der Waals surface area (Å²) in [7, 11) is 0. The van der Waals surface area contributed by atoms with Crippen LogP contribution in [0.4, 0.5) is 0 Å². The molecule has 1 aromatic carbocycles. The van der Waals surface area contributed by atoms with Gasteiger partial charge in [-0.05, 0) is 18.2 Å². The summed E-state index contributed by atoms with van der Waals surface area (Å²) in [4.78, 5) is 16.6. The van der Waals surface area contributed by atoms with Gasteiger partial charge in [0.2, 0.25) is 0 Å². The minimum atomic E-state index is -0.153. The molecule has 3 nitrogen and oxygen atoms in total. The van der Waals surface area contributed by atoms with E-state index < -0.39 is 0 Å². The van der Waals surface area contributed by atoms with Crippen molar-refractivity contribution >= 4 is 51.2 Å². The number of pyridine rings is 1. The Hall–Kier alpha value is -1.72. The fraction of sp³-hybridized carbons (Fsp3) is 0. The van der Waals surface area contributed by atoms with Crippen LogP contribution in [0.3, 0.4) is 0 Å². The average Bonchev–Trinajstić information content (AvgIpc) is 2.68. The summed E-state index contributed by atoms with van der Waals surface area (Å²) in [5.41, 5.74) is 1.67. The number of fused-ring (bicyclic) bond motifs is 1. The van der Waals surface area contributed by atoms with Crippen LogP contribution in [0, 0.1) is 0 Å². The summed E-state index contributed by atoms with van der Waals surface area (Å²) >= 11 is 6.20. The lowest BCUT2D eigenvalue weighted by atomic mass is 10.2. The van der Waals surface area contributed by atoms with Crippen molar-refractivity contribution in [1.29, 1.82) is 0 Å². The minimum Gasteiger partial charge on any atom is -0.307 e. The summed E-state index contributed by atoms with van der Waals surface area (Å²) in [6, 6.07) is 11.8. The number of carbonyl (C=O) groups is 1. The van der Waals surface area contributed by atoms with Crippen LogP contribution in [0.2, 0.25) is 0 Å². The molecule has 5 heteroatoms. The molecule has 1 N–H and O–H groups in total. The van der Waals surface area contributed by atoms with Gasteiger partial charge in [0.15, 0.2) is 0 Å². The predicted octanol–water partition coefficient (Wildman–Crippen LogP) is 2.72. The molecule has 88 valence electrons. The average molecular weight is 272 g/mol. The number of hydrogen-bond donors (Lipinski definition) is 1. The molecule has 1 aliphatic rings. The maximum atomic E-state index is 11.5. The lowest BCUT2D eigenvalue weighted by Crippen LogP contribution is -2.17. The van der Waals surface area contributed by atoms with E-state index in [0.717, 1.165) is 16.6 Å². The van der Waals surface area contributed by atoms with E-state index in [2.05, 4.69) is 10.3 Å². The highest BCUT2D eigenvalue weighted by atomic mass is 32.2. The van der Waals surface area contributed by atoms with Crippen molar-refractivity contribution in [2.45, 2.75) is 0 Å². The Morgan fingerprint density at radius 2 is 2.06 bits per heavy atom. The van der Waals surface area contributed by atoms with Gasteiger partial charge in [-0.3, -0.25) is 4.79 Å². The molecule has 0 atom stereocenters. The second-order valence-electron chi connectivity index (χ2n) is 3.78. The highest BCUT2D eigenvalue weighted by Gasteiger charge is 2.22. The Morgan fingerprint density at radius 1 is 1.22 bits per heavy atom. The SMILES string of the molecule is O=C1NC(=S)SC1=Cc1ccc2ccccc2n1. The lowest BCUT2D eigenvalue weighted by molar-refractivity contribution is -0.115. The number of para-hydroxylation sites is 1. The number of benzene rings is 1. The van der Waals surface area contributed by atoms with E-state index in [1.54, 1.807) is 6.08 Å². The zero-order chi connectivity index (χ0) is 12.5. The fourth-order valence-electron chi connectivity index (χ4n) is 1.72. The van der Waals surface area contributed by atoms with Gasteiger partial charge in [0.05, 0.1) is 16.1 Å². The van der Waals surface area contributed by atoms with Gasteiger partial charge >= 0.3 is 0 Å². The topological polar surface area (TPSA) is 42.0 Å². The molecule has 0 radical (unpaired) electrons. The third-order valence-corrected chi connectivity index (χ3v) is 3.70. The summed E-state index contributed by atoms with van der Waals surface area (Å²) in [5.74, 6) is -0.153. The van der Waals surface area contributed by atoms with Crippen LogP contribution in [0.15, 0.2) is 41.3 Å². The molecule has 1 fully saturated rings. The number of carbonyl (C=O) groups excluding carboxylic acids is 1. The highest BCUT2D eigenvalue weighted by molar-refractivity contribution is 8.26. The Kier molecular flexibility index (Phi) is 2.85. The second kappa shape index (κ2) is 4.51. The standard InChI is InChI=1S/C13H8N2OS2/c16-12-11(18-13(17)15-12)7-9-6-5-8-3-1-2-4-10(8)14-9/h1-7H,(H,15,16,17). The quantitative estimate of drug-likeness (QED) is 0.640. The Morgan fingerprint density at radius 3 is 2.83 bits per heavy atom. The molecule has 2 aromatic rings. The number of hydrogen-bond acceptors (Lipinski definition) is 4. The van der Waals surface area contributed by atoms with Crippen molar-refractivity contribution < 1.29 is 4.79 Å². The van der Waals surface area contributed by atoms with E-state index in [1.807, 2.05) is 36.4 Å². The molecule has 18 heavy (non-hydrogen) atoms. The van der Waals surface area contributed by atoms with E-state index in [4.69, 9.17) is 12.2 Å². The zero-order valence-corrected chi connectivity index (χ0v) is 10.8. The summed E-state index contributed by atoms with van der Waals surface area (Å²) in [6.45, 7) is 0. The van der Waals surface area contributed by atoms with E-state index in [-0.39, 0.29) is 5.91 Å². The van der Waals surface area contributed by atoms with Crippen LogP contribution in [-0.4, -0.2) is 15.2 Å². The molecule has 0 unspecified atom stereocenters. The molecule has 1 saturated heterocycles. The van der Waals surface area contributed by atoms with E-state index >= 15 is 0 Å². The van der Waals surface area contributed by atoms with Crippen molar-refractivity contribution in [3.63, 3.8) is 0 Å². The number of thioether (sulfide) groups is 1. The zero-order valence-electron chi connectivity index (χ0n) is 9.21. The van der Waals surface area contributed by atoms with Crippen LogP contribution in [0.1, 0.15) is 5.69 Å². The van der Waals surface area contributed by atoms with Gasteiger partial charge in [-0.25, -0.2) is 4.98 Å². The molecule has 0 bridgehead atoms. The maximum Gasteiger partial charge on any atom is 0.263 e. The first-order valence-corrected chi connectivity index (χ1v) is 6.55. The summed E-state index contributed by atoms with van der Waals surface area (Å²) in [6.07, 6.45) is 1.76. The molecule has 0 spiro atoms. The highest BCUT2D eigenvalue weighted by Crippen LogP contribution is 2.25. The first kappa shape index (κ1) is 11.4. The van der Waals surface area contributed by atoms with Gasteiger partial charge in [0, 0.05) is 5.39 Å². The maximum absolute atomic E-state index is 11.5. The van der Waals surface area contributed by atoms with Crippen LogP contribution in [0.25, 0.3) is 17.0 Å².